The van der Waals surface area contributed by atoms with Gasteiger partial charge in [0.15, 0.2) is 0 Å². The number of morpholine rings is 1. The first kappa shape index (κ1) is 19.8. The fraction of sp³-hybridized carbons (Fsp3) is 0.381. The van der Waals surface area contributed by atoms with Gasteiger partial charge in [0.05, 0.1) is 23.8 Å². The monoisotopic (exact) mass is 412 g/mol. The zero-order valence-electron chi connectivity index (χ0n) is 16.1. The standard InChI is InChI=1S/C21H24N4O3S/c26-20-6-5-18(23-24-20)16-3-1-15(2-4-16)17-13-19(29-14-17)21(27)22-7-8-25-9-11-28-12-10-25/h1-4,13-14H,5-12H2,(H,22,27)(H,24,26). The van der Waals surface area contributed by atoms with E-state index in [-0.39, 0.29) is 11.8 Å². The summed E-state index contributed by atoms with van der Waals surface area (Å²) in [5.74, 6) is -0.0715. The van der Waals surface area contributed by atoms with Gasteiger partial charge >= 0.3 is 0 Å². The summed E-state index contributed by atoms with van der Waals surface area (Å²) >= 11 is 1.45. The van der Waals surface area contributed by atoms with Gasteiger partial charge in [0.2, 0.25) is 5.91 Å². The number of benzene rings is 1. The first-order chi connectivity index (χ1) is 14.2. The van der Waals surface area contributed by atoms with E-state index in [1.54, 1.807) is 0 Å². The number of hydrogen-bond acceptors (Lipinski definition) is 6. The molecule has 3 heterocycles. The summed E-state index contributed by atoms with van der Waals surface area (Å²) < 4.78 is 5.34. The summed E-state index contributed by atoms with van der Waals surface area (Å²) in [7, 11) is 0. The number of amides is 2. The average Bonchev–Trinajstić information content (AvgIpc) is 3.26. The Kier molecular flexibility index (Phi) is 6.33. The van der Waals surface area contributed by atoms with Gasteiger partial charge in [-0.1, -0.05) is 24.3 Å². The van der Waals surface area contributed by atoms with Crippen LogP contribution < -0.4 is 10.7 Å². The van der Waals surface area contributed by atoms with E-state index >= 15 is 0 Å². The Bertz CT molecular complexity index is 901. The van der Waals surface area contributed by atoms with Gasteiger partial charge in [0.25, 0.3) is 5.91 Å². The van der Waals surface area contributed by atoms with Crippen LogP contribution in [0.1, 0.15) is 28.1 Å². The second-order valence-electron chi connectivity index (χ2n) is 7.08. The van der Waals surface area contributed by atoms with E-state index in [0.29, 0.717) is 24.3 Å². The number of carbonyl (C=O) groups is 2. The number of hydrazone groups is 1. The van der Waals surface area contributed by atoms with Crippen molar-refractivity contribution in [2.45, 2.75) is 12.8 Å². The molecule has 2 aliphatic rings. The van der Waals surface area contributed by atoms with Crippen LogP contribution in [-0.4, -0.2) is 61.8 Å². The van der Waals surface area contributed by atoms with Crippen molar-refractivity contribution >= 4 is 28.9 Å². The predicted molar refractivity (Wildman–Crippen MR) is 113 cm³/mol. The third-order valence-electron chi connectivity index (χ3n) is 5.10. The lowest BCUT2D eigenvalue weighted by Crippen LogP contribution is -2.41. The molecule has 1 fully saturated rings. The van der Waals surface area contributed by atoms with Crippen molar-refractivity contribution in [1.82, 2.24) is 15.6 Å². The average molecular weight is 413 g/mol. The summed E-state index contributed by atoms with van der Waals surface area (Å²) in [5.41, 5.74) is 6.50. The molecular formula is C21H24N4O3S. The van der Waals surface area contributed by atoms with Gasteiger partial charge in [-0.2, -0.15) is 5.10 Å². The molecule has 4 rings (SSSR count). The molecule has 2 N–H and O–H groups in total. The minimum atomic E-state index is -0.0422. The van der Waals surface area contributed by atoms with E-state index < -0.39 is 0 Å². The largest absolute Gasteiger partial charge is 0.379 e. The molecule has 1 aromatic carbocycles. The van der Waals surface area contributed by atoms with Crippen molar-refractivity contribution in [2.24, 2.45) is 5.10 Å². The van der Waals surface area contributed by atoms with Crippen LogP contribution in [0.4, 0.5) is 0 Å². The van der Waals surface area contributed by atoms with Crippen LogP contribution in [0.15, 0.2) is 40.8 Å². The van der Waals surface area contributed by atoms with Crippen molar-refractivity contribution in [3.63, 3.8) is 0 Å². The zero-order chi connectivity index (χ0) is 20.1. The van der Waals surface area contributed by atoms with E-state index in [1.807, 2.05) is 35.7 Å². The first-order valence-electron chi connectivity index (χ1n) is 9.82. The van der Waals surface area contributed by atoms with Crippen molar-refractivity contribution in [3.05, 3.63) is 46.2 Å². The maximum absolute atomic E-state index is 12.4. The minimum absolute atomic E-state index is 0.0292. The number of nitrogens with zero attached hydrogens (tertiary/aromatic N) is 2. The van der Waals surface area contributed by atoms with Gasteiger partial charge in [-0.05, 0) is 28.1 Å². The maximum Gasteiger partial charge on any atom is 0.261 e. The number of rotatable bonds is 6. The topological polar surface area (TPSA) is 83.0 Å². The SMILES string of the molecule is O=C1CCC(c2ccc(-c3csc(C(=O)NCCN4CCOCC4)c3)cc2)=NN1. The maximum atomic E-state index is 12.4. The molecular weight excluding hydrogens is 388 g/mol. The first-order valence-corrected chi connectivity index (χ1v) is 10.7. The van der Waals surface area contributed by atoms with Crippen LogP contribution in [0.5, 0.6) is 0 Å². The molecule has 0 unspecified atom stereocenters. The van der Waals surface area contributed by atoms with E-state index in [9.17, 15) is 9.59 Å². The van der Waals surface area contributed by atoms with Gasteiger partial charge in [-0.15, -0.1) is 11.3 Å². The van der Waals surface area contributed by atoms with Crippen molar-refractivity contribution < 1.29 is 14.3 Å². The summed E-state index contributed by atoms with van der Waals surface area (Å²) in [4.78, 5) is 26.7. The molecule has 8 heteroatoms. The Labute approximate surface area is 173 Å². The van der Waals surface area contributed by atoms with Crippen LogP contribution >= 0.6 is 11.3 Å². The summed E-state index contributed by atoms with van der Waals surface area (Å²) in [6, 6.07) is 9.99. The van der Waals surface area contributed by atoms with Gasteiger partial charge in [-0.3, -0.25) is 14.5 Å². The summed E-state index contributed by atoms with van der Waals surface area (Å²) in [6.45, 7) is 4.87. The van der Waals surface area contributed by atoms with Gasteiger partial charge in [0, 0.05) is 39.0 Å². The van der Waals surface area contributed by atoms with E-state index in [2.05, 4.69) is 20.7 Å². The second kappa shape index (κ2) is 9.30. The molecule has 2 amide bonds. The fourth-order valence-corrected chi connectivity index (χ4v) is 4.22. The van der Waals surface area contributed by atoms with Crippen LogP contribution in [0.2, 0.25) is 0 Å². The molecule has 0 atom stereocenters. The number of carbonyl (C=O) groups excluding carboxylic acids is 2. The van der Waals surface area contributed by atoms with Gasteiger partial charge < -0.3 is 10.1 Å². The Balaban J connectivity index is 1.33. The predicted octanol–water partition coefficient (Wildman–Crippen LogP) is 2.09. The lowest BCUT2D eigenvalue weighted by atomic mass is 10.0. The van der Waals surface area contributed by atoms with Crippen LogP contribution in [0.25, 0.3) is 11.1 Å². The lowest BCUT2D eigenvalue weighted by molar-refractivity contribution is -0.121. The van der Waals surface area contributed by atoms with Crippen molar-refractivity contribution in [2.75, 3.05) is 39.4 Å². The van der Waals surface area contributed by atoms with E-state index in [1.165, 1.54) is 11.3 Å². The minimum Gasteiger partial charge on any atom is -0.379 e. The summed E-state index contributed by atoms with van der Waals surface area (Å²) in [6.07, 6.45) is 1.12. The number of nitrogens with one attached hydrogen (secondary N) is 2. The highest BCUT2D eigenvalue weighted by Gasteiger charge is 2.15. The highest BCUT2D eigenvalue weighted by atomic mass is 32.1. The molecule has 2 aliphatic heterocycles. The molecule has 152 valence electrons. The molecule has 1 saturated heterocycles. The van der Waals surface area contributed by atoms with Crippen LogP contribution in [0, 0.1) is 0 Å². The highest BCUT2D eigenvalue weighted by Crippen LogP contribution is 2.26. The summed E-state index contributed by atoms with van der Waals surface area (Å²) in [5, 5.41) is 9.14. The molecule has 0 bridgehead atoms. The molecule has 0 spiro atoms. The third-order valence-corrected chi connectivity index (χ3v) is 6.03. The Morgan fingerprint density at radius 1 is 1.14 bits per heavy atom. The Hall–Kier alpha value is -2.55. The zero-order valence-corrected chi connectivity index (χ0v) is 17.0. The molecule has 1 aromatic heterocycles. The van der Waals surface area contributed by atoms with Crippen LogP contribution in [-0.2, 0) is 9.53 Å². The number of ether oxygens (including phenoxy) is 1. The molecule has 0 aliphatic carbocycles. The van der Waals surface area contributed by atoms with Crippen molar-refractivity contribution in [1.29, 1.82) is 0 Å². The van der Waals surface area contributed by atoms with Crippen LogP contribution in [0.3, 0.4) is 0 Å². The number of hydrogen-bond donors (Lipinski definition) is 2. The normalized spacial score (nSPS) is 17.5. The quantitative estimate of drug-likeness (QED) is 0.761. The molecule has 2 aromatic rings. The van der Waals surface area contributed by atoms with E-state index in [4.69, 9.17) is 4.74 Å². The smallest absolute Gasteiger partial charge is 0.261 e. The lowest BCUT2D eigenvalue weighted by Gasteiger charge is -2.26. The van der Waals surface area contributed by atoms with Gasteiger partial charge in [0.1, 0.15) is 0 Å². The molecule has 0 radical (unpaired) electrons. The third kappa shape index (κ3) is 5.09. The van der Waals surface area contributed by atoms with Crippen molar-refractivity contribution in [3.8, 4) is 11.1 Å². The molecule has 7 nitrogen and oxygen atoms in total. The highest BCUT2D eigenvalue weighted by molar-refractivity contribution is 7.12. The number of thiophene rings is 1. The Morgan fingerprint density at radius 3 is 2.62 bits per heavy atom. The van der Waals surface area contributed by atoms with Gasteiger partial charge in [-0.25, -0.2) is 5.43 Å². The molecule has 0 saturated carbocycles. The Morgan fingerprint density at radius 2 is 1.90 bits per heavy atom. The fourth-order valence-electron chi connectivity index (χ4n) is 3.38. The molecule has 29 heavy (non-hydrogen) atoms. The second-order valence-corrected chi connectivity index (χ2v) is 7.99. The van der Waals surface area contributed by atoms with E-state index in [0.717, 1.165) is 55.3 Å².